The average Bonchev–Trinajstić information content (AvgIpc) is 2.85. The van der Waals surface area contributed by atoms with Gasteiger partial charge in [-0.05, 0) is 26.3 Å². The van der Waals surface area contributed by atoms with Crippen LogP contribution < -0.4 is 16.2 Å². The third-order valence-corrected chi connectivity index (χ3v) is 4.26. The van der Waals surface area contributed by atoms with Crippen molar-refractivity contribution in [2.24, 2.45) is 5.84 Å². The molecule has 110 valence electrons. The van der Waals surface area contributed by atoms with Crippen LogP contribution in [0.4, 0.5) is 20.4 Å². The first-order valence-corrected chi connectivity index (χ1v) is 6.93. The lowest BCUT2D eigenvalue weighted by Gasteiger charge is -2.43. The number of piperazine rings is 1. The van der Waals surface area contributed by atoms with Crippen LogP contribution in [0.3, 0.4) is 0 Å². The molecule has 2 unspecified atom stereocenters. The fourth-order valence-corrected chi connectivity index (χ4v) is 3.24. The normalized spacial score (nSPS) is 26.7. The highest BCUT2D eigenvalue weighted by atomic mass is 19.1. The van der Waals surface area contributed by atoms with Gasteiger partial charge in [0.15, 0.2) is 23.3 Å². The largest absolute Gasteiger partial charge is 0.349 e. The number of rotatable bonds is 2. The van der Waals surface area contributed by atoms with Gasteiger partial charge in [0.25, 0.3) is 0 Å². The van der Waals surface area contributed by atoms with Gasteiger partial charge in [0.05, 0.1) is 0 Å². The molecule has 5 nitrogen and oxygen atoms in total. The van der Waals surface area contributed by atoms with E-state index in [2.05, 4.69) is 15.3 Å². The summed E-state index contributed by atoms with van der Waals surface area (Å²) < 4.78 is 27.5. The van der Waals surface area contributed by atoms with Crippen LogP contribution in [0.15, 0.2) is 6.07 Å². The number of nitrogen functional groups attached to an aromatic ring is 1. The molecule has 2 fully saturated rings. The number of hydrazine groups is 1. The van der Waals surface area contributed by atoms with E-state index in [0.717, 1.165) is 32.1 Å². The predicted molar refractivity (Wildman–Crippen MR) is 73.4 cm³/mol. The van der Waals surface area contributed by atoms with Crippen molar-refractivity contribution in [1.82, 2.24) is 9.88 Å². The third-order valence-electron chi connectivity index (χ3n) is 4.26. The summed E-state index contributed by atoms with van der Waals surface area (Å²) in [6, 6.07) is 1.42. The van der Waals surface area contributed by atoms with E-state index in [-0.39, 0.29) is 17.7 Å². The highest BCUT2D eigenvalue weighted by Crippen LogP contribution is 2.30. The standard InChI is InChI=1S/C13H19F2N5/c1-8-6-19-4-2-3-9(19)7-20(8)13-11(15)5-10(14)12(17-13)18-16/h5,8-9H,2-4,6-7,16H2,1H3,(H,17,18). The van der Waals surface area contributed by atoms with Crippen molar-refractivity contribution in [3.05, 3.63) is 17.7 Å². The highest BCUT2D eigenvalue weighted by Gasteiger charge is 2.36. The second-order valence-electron chi connectivity index (χ2n) is 5.56. The minimum absolute atomic E-state index is 0.123. The minimum atomic E-state index is -0.777. The Balaban J connectivity index is 1.91. The molecular weight excluding hydrogens is 264 g/mol. The van der Waals surface area contributed by atoms with Crippen molar-refractivity contribution in [2.45, 2.75) is 31.8 Å². The average molecular weight is 283 g/mol. The number of fused-ring (bicyclic) bond motifs is 1. The lowest BCUT2D eigenvalue weighted by molar-refractivity contribution is 0.201. The van der Waals surface area contributed by atoms with Crippen LogP contribution in [0.25, 0.3) is 0 Å². The van der Waals surface area contributed by atoms with E-state index in [1.54, 1.807) is 0 Å². The number of anilines is 2. The fraction of sp³-hybridized carbons (Fsp3) is 0.615. The van der Waals surface area contributed by atoms with E-state index in [4.69, 9.17) is 5.84 Å². The van der Waals surface area contributed by atoms with E-state index in [0.29, 0.717) is 6.04 Å². The van der Waals surface area contributed by atoms with E-state index >= 15 is 0 Å². The topological polar surface area (TPSA) is 57.4 Å². The number of pyridine rings is 1. The van der Waals surface area contributed by atoms with Crippen molar-refractivity contribution in [2.75, 3.05) is 30.0 Å². The Morgan fingerprint density at radius 2 is 2.15 bits per heavy atom. The number of hydrogen-bond donors (Lipinski definition) is 2. The maximum Gasteiger partial charge on any atom is 0.178 e. The maximum atomic E-state index is 14.0. The summed E-state index contributed by atoms with van der Waals surface area (Å²) >= 11 is 0. The first-order valence-electron chi connectivity index (χ1n) is 6.93. The van der Waals surface area contributed by atoms with E-state index < -0.39 is 11.6 Å². The molecule has 0 radical (unpaired) electrons. The molecule has 1 aromatic rings. The maximum absolute atomic E-state index is 14.0. The SMILES string of the molecule is CC1CN2CCCC2CN1c1nc(NN)c(F)cc1F. The van der Waals surface area contributed by atoms with Crippen molar-refractivity contribution < 1.29 is 8.78 Å². The third kappa shape index (κ3) is 2.20. The molecule has 0 amide bonds. The van der Waals surface area contributed by atoms with Gasteiger partial charge in [0.2, 0.25) is 0 Å². The van der Waals surface area contributed by atoms with Gasteiger partial charge >= 0.3 is 0 Å². The molecule has 0 aromatic carbocycles. The van der Waals surface area contributed by atoms with Crippen molar-refractivity contribution >= 4 is 11.6 Å². The van der Waals surface area contributed by atoms with Gasteiger partial charge in [0, 0.05) is 31.2 Å². The van der Waals surface area contributed by atoms with Gasteiger partial charge in [-0.3, -0.25) is 4.90 Å². The van der Waals surface area contributed by atoms with Gasteiger partial charge < -0.3 is 10.3 Å². The monoisotopic (exact) mass is 283 g/mol. The van der Waals surface area contributed by atoms with Crippen LogP contribution in [0.5, 0.6) is 0 Å². The van der Waals surface area contributed by atoms with Crippen LogP contribution in [0.2, 0.25) is 0 Å². The summed E-state index contributed by atoms with van der Waals surface area (Å²) in [5, 5.41) is 0. The fourth-order valence-electron chi connectivity index (χ4n) is 3.24. The first-order chi connectivity index (χ1) is 9.60. The van der Waals surface area contributed by atoms with Crippen LogP contribution >= 0.6 is 0 Å². The molecule has 7 heteroatoms. The van der Waals surface area contributed by atoms with Gasteiger partial charge in [-0.25, -0.2) is 19.6 Å². The number of aromatic nitrogens is 1. The summed E-state index contributed by atoms with van der Waals surface area (Å²) in [7, 11) is 0. The molecule has 2 aliphatic rings. The molecule has 3 N–H and O–H groups in total. The molecule has 0 aliphatic carbocycles. The Morgan fingerprint density at radius 1 is 1.35 bits per heavy atom. The zero-order chi connectivity index (χ0) is 14.3. The van der Waals surface area contributed by atoms with Gasteiger partial charge in [0.1, 0.15) is 0 Å². The number of hydrogen-bond acceptors (Lipinski definition) is 5. The summed E-state index contributed by atoms with van der Waals surface area (Å²) in [5.74, 6) is 3.86. The van der Waals surface area contributed by atoms with E-state index in [9.17, 15) is 8.78 Å². The van der Waals surface area contributed by atoms with Gasteiger partial charge in [-0.1, -0.05) is 0 Å². The molecular formula is C13H19F2N5. The molecule has 2 saturated heterocycles. The summed E-state index contributed by atoms with van der Waals surface area (Å²) in [6.07, 6.45) is 2.30. The van der Waals surface area contributed by atoms with Crippen LogP contribution in [0.1, 0.15) is 19.8 Å². The lowest BCUT2D eigenvalue weighted by atomic mass is 10.1. The molecule has 0 spiro atoms. The molecule has 0 bridgehead atoms. The summed E-state index contributed by atoms with van der Waals surface area (Å²) in [4.78, 5) is 8.35. The minimum Gasteiger partial charge on any atom is -0.349 e. The van der Waals surface area contributed by atoms with E-state index in [1.807, 2.05) is 11.8 Å². The Morgan fingerprint density at radius 3 is 2.90 bits per heavy atom. The van der Waals surface area contributed by atoms with Crippen molar-refractivity contribution in [1.29, 1.82) is 0 Å². The molecule has 2 atom stereocenters. The van der Waals surface area contributed by atoms with Crippen LogP contribution in [-0.4, -0.2) is 41.6 Å². The molecule has 1 aromatic heterocycles. The summed E-state index contributed by atoms with van der Waals surface area (Å²) in [5.41, 5.74) is 2.17. The molecule has 2 aliphatic heterocycles. The van der Waals surface area contributed by atoms with Gasteiger partial charge in [-0.15, -0.1) is 0 Å². The van der Waals surface area contributed by atoms with Crippen LogP contribution in [0, 0.1) is 11.6 Å². The van der Waals surface area contributed by atoms with Gasteiger partial charge in [-0.2, -0.15) is 0 Å². The second kappa shape index (κ2) is 5.14. The van der Waals surface area contributed by atoms with Crippen molar-refractivity contribution in [3.63, 3.8) is 0 Å². The second-order valence-corrected chi connectivity index (χ2v) is 5.56. The number of halogens is 2. The van der Waals surface area contributed by atoms with Crippen molar-refractivity contribution in [3.8, 4) is 0 Å². The number of nitrogens with two attached hydrogens (primary N) is 1. The Bertz CT molecular complexity index is 510. The molecule has 3 heterocycles. The van der Waals surface area contributed by atoms with E-state index in [1.165, 1.54) is 6.42 Å². The first kappa shape index (κ1) is 13.5. The smallest absolute Gasteiger partial charge is 0.178 e. The number of nitrogens with zero attached hydrogens (tertiary/aromatic N) is 3. The highest BCUT2D eigenvalue weighted by molar-refractivity contribution is 5.50. The quantitative estimate of drug-likeness (QED) is 0.633. The Labute approximate surface area is 116 Å². The van der Waals surface area contributed by atoms with Crippen LogP contribution in [-0.2, 0) is 0 Å². The Hall–Kier alpha value is -1.47. The summed E-state index contributed by atoms with van der Waals surface area (Å²) in [6.45, 7) is 4.75. The number of nitrogens with one attached hydrogen (secondary N) is 1. The molecule has 20 heavy (non-hydrogen) atoms. The molecule has 0 saturated carbocycles. The predicted octanol–water partition coefficient (Wildman–Crippen LogP) is 1.32. The lowest BCUT2D eigenvalue weighted by Crippen LogP contribution is -2.55. The zero-order valence-electron chi connectivity index (χ0n) is 11.4. The molecule has 3 rings (SSSR count). The zero-order valence-corrected chi connectivity index (χ0v) is 11.4. The Kier molecular flexibility index (Phi) is 3.47.